The van der Waals surface area contributed by atoms with Crippen LogP contribution in [0.2, 0.25) is 0 Å². The molecule has 528 valence electrons. The molecule has 0 heterocycles. The molecule has 0 N–H and O–H groups in total. The number of carbonyl (C=O) groups is 3. The maximum absolute atomic E-state index is 12.7. The van der Waals surface area contributed by atoms with Gasteiger partial charge in [0.05, 0.1) is 22.8 Å². The fourth-order valence-corrected chi connectivity index (χ4v) is 11.9. The standard InChI is InChI=1S/C44H64O4.C22H20O4.C20H28O4/c1-3-5-7-9-11-13-15-17-19-21-23-38-27-33-42(34-28-38)47-44(45)41-31-25-40(26-32-41)37-46-48-43-35-29-39(30-36-43)24-22-20-18-16-14-12-10-8-6-4-2;1-16-6-10-18(11-7-16)15-24-26-21-5-3-4-20(14-21)25-22(23)19-12-8-17(2)9-13-19;21-20(23-18-7-3-1-4-8-18)17-13-11-16(12-14-17)15-22-24-19-9-5-2-6-10-19/h25-36H,3-24,37H2,1-2H3;3-14H,15H2,1-2H3;11-14,18-19H,1-10,15H2. The van der Waals surface area contributed by atoms with Gasteiger partial charge in [0.2, 0.25) is 0 Å². The third-order valence-electron chi connectivity index (χ3n) is 18.1. The molecule has 7 aromatic rings. The minimum atomic E-state index is -0.414. The Balaban J connectivity index is 0.000000226. The van der Waals surface area contributed by atoms with E-state index in [9.17, 15) is 14.4 Å². The summed E-state index contributed by atoms with van der Waals surface area (Å²) in [5.41, 5.74) is 9.45. The van der Waals surface area contributed by atoms with Crippen LogP contribution in [0.1, 0.15) is 276 Å². The van der Waals surface area contributed by atoms with E-state index in [1.54, 1.807) is 48.5 Å². The van der Waals surface area contributed by atoms with Crippen molar-refractivity contribution in [3.63, 3.8) is 0 Å². The number of ether oxygens (including phenoxy) is 3. The summed E-state index contributed by atoms with van der Waals surface area (Å²) >= 11 is 0. The van der Waals surface area contributed by atoms with Gasteiger partial charge in [0, 0.05) is 6.07 Å². The van der Waals surface area contributed by atoms with Gasteiger partial charge in [-0.1, -0.05) is 257 Å². The van der Waals surface area contributed by atoms with E-state index < -0.39 is 5.97 Å². The van der Waals surface area contributed by atoms with E-state index in [1.807, 2.05) is 111 Å². The van der Waals surface area contributed by atoms with Crippen LogP contribution in [0.5, 0.6) is 23.0 Å². The molecule has 2 fully saturated rings. The summed E-state index contributed by atoms with van der Waals surface area (Å²) < 4.78 is 16.6. The quantitative estimate of drug-likeness (QED) is 0.0119. The van der Waals surface area contributed by atoms with Crippen LogP contribution >= 0.6 is 0 Å². The summed E-state index contributed by atoms with van der Waals surface area (Å²) in [6.45, 7) is 9.57. The van der Waals surface area contributed by atoms with Crippen molar-refractivity contribution in [2.45, 2.75) is 265 Å². The predicted octanol–water partition coefficient (Wildman–Crippen LogP) is 23.3. The second kappa shape index (κ2) is 47.4. The van der Waals surface area contributed by atoms with Gasteiger partial charge in [-0.15, -0.1) is 0 Å². The molecule has 0 unspecified atom stereocenters. The van der Waals surface area contributed by atoms with E-state index in [0.29, 0.717) is 52.9 Å². The SMILES string of the molecule is CCCCCCCCCCCCc1ccc(OOCc2ccc(C(=O)Oc3ccc(CCCCCCCCCCCC)cc3)cc2)cc1.Cc1ccc(COOc2cccc(OC(=O)c3ccc(C)cc3)c2)cc1.O=C(OC1CCCCC1)c1ccc(COOC2CCCCC2)cc1. The van der Waals surface area contributed by atoms with Crippen LogP contribution in [0.3, 0.4) is 0 Å². The molecule has 2 saturated carbocycles. The van der Waals surface area contributed by atoms with E-state index in [-0.39, 0.29) is 30.8 Å². The summed E-state index contributed by atoms with van der Waals surface area (Å²) in [5.74, 6) is 1.13. The average Bonchev–Trinajstić information content (AvgIpc) is 0.999. The highest BCUT2D eigenvalue weighted by molar-refractivity contribution is 5.92. The summed E-state index contributed by atoms with van der Waals surface area (Å²) in [6, 6.07) is 52.8. The summed E-state index contributed by atoms with van der Waals surface area (Å²) in [7, 11) is 0. The lowest BCUT2D eigenvalue weighted by molar-refractivity contribution is -0.336. The van der Waals surface area contributed by atoms with Crippen molar-refractivity contribution in [3.05, 3.63) is 225 Å². The molecule has 0 atom stereocenters. The number of benzene rings is 7. The van der Waals surface area contributed by atoms with E-state index in [0.717, 1.165) is 73.6 Å². The van der Waals surface area contributed by atoms with Gasteiger partial charge in [0.25, 0.3) is 0 Å². The molecule has 0 saturated heterocycles. The molecule has 2 aliphatic rings. The smallest absolute Gasteiger partial charge is 0.343 e. The fourth-order valence-electron chi connectivity index (χ4n) is 11.9. The lowest BCUT2D eigenvalue weighted by Crippen LogP contribution is -2.20. The molecule has 0 bridgehead atoms. The number of carbonyl (C=O) groups excluding carboxylic acids is 3. The third-order valence-corrected chi connectivity index (χ3v) is 18.1. The first kappa shape index (κ1) is 77.7. The predicted molar refractivity (Wildman–Crippen MR) is 391 cm³/mol. The minimum absolute atomic E-state index is 0.0955. The molecule has 2 aliphatic carbocycles. The van der Waals surface area contributed by atoms with Gasteiger partial charge in [0.15, 0.2) is 11.5 Å². The highest BCUT2D eigenvalue weighted by Crippen LogP contribution is 2.26. The van der Waals surface area contributed by atoms with Crippen LogP contribution in [-0.2, 0) is 56.9 Å². The number of hydrogen-bond acceptors (Lipinski definition) is 12. The third kappa shape index (κ3) is 32.4. The molecule has 12 nitrogen and oxygen atoms in total. The molecule has 0 amide bonds. The average molecular weight is 1340 g/mol. The first-order valence-electron chi connectivity index (χ1n) is 37.2. The Bertz CT molecular complexity index is 3240. The molecule has 0 aliphatic heterocycles. The number of rotatable bonds is 40. The van der Waals surface area contributed by atoms with Crippen LogP contribution in [0.15, 0.2) is 170 Å². The van der Waals surface area contributed by atoms with Gasteiger partial charge in [-0.25, -0.2) is 24.2 Å². The first-order valence-corrected chi connectivity index (χ1v) is 37.2. The Morgan fingerprint density at radius 3 is 1.14 bits per heavy atom. The minimum Gasteiger partial charge on any atom is -0.459 e. The lowest BCUT2D eigenvalue weighted by Gasteiger charge is -2.21. The molecular weight excluding hydrogens is 1220 g/mol. The summed E-state index contributed by atoms with van der Waals surface area (Å²) in [5, 5.41) is 0. The van der Waals surface area contributed by atoms with E-state index in [2.05, 4.69) is 38.1 Å². The molecule has 0 radical (unpaired) electrons. The Morgan fingerprint density at radius 2 is 0.673 bits per heavy atom. The van der Waals surface area contributed by atoms with Crippen LogP contribution in [0.25, 0.3) is 0 Å². The van der Waals surface area contributed by atoms with E-state index >= 15 is 0 Å². The maximum atomic E-state index is 12.7. The Morgan fingerprint density at radius 1 is 0.327 bits per heavy atom. The van der Waals surface area contributed by atoms with Crippen molar-refractivity contribution in [2.24, 2.45) is 0 Å². The van der Waals surface area contributed by atoms with Crippen molar-refractivity contribution in [1.82, 2.24) is 0 Å². The molecule has 0 spiro atoms. The highest BCUT2D eigenvalue weighted by atomic mass is 17.2. The van der Waals surface area contributed by atoms with Crippen molar-refractivity contribution in [3.8, 4) is 23.0 Å². The largest absolute Gasteiger partial charge is 0.459 e. The van der Waals surface area contributed by atoms with Crippen molar-refractivity contribution in [1.29, 1.82) is 0 Å². The van der Waals surface area contributed by atoms with Crippen LogP contribution in [0, 0.1) is 13.8 Å². The number of aryl methyl sites for hydroxylation is 4. The zero-order chi connectivity index (χ0) is 68.9. The molecule has 9 rings (SSSR count). The van der Waals surface area contributed by atoms with Crippen LogP contribution in [-0.4, -0.2) is 30.1 Å². The van der Waals surface area contributed by atoms with Crippen molar-refractivity contribution >= 4 is 17.9 Å². The van der Waals surface area contributed by atoms with E-state index in [4.69, 9.17) is 43.5 Å². The van der Waals surface area contributed by atoms with Crippen LogP contribution in [0.4, 0.5) is 0 Å². The zero-order valence-corrected chi connectivity index (χ0v) is 59.5. The number of hydrogen-bond donors (Lipinski definition) is 0. The maximum Gasteiger partial charge on any atom is 0.343 e. The molecular formula is C86H112O12. The molecule has 7 aromatic carbocycles. The molecule has 12 heteroatoms. The fraction of sp³-hybridized carbons (Fsp3) is 0.477. The van der Waals surface area contributed by atoms with Gasteiger partial charge in [-0.05, 0) is 179 Å². The Hall–Kier alpha value is -7.61. The topological polar surface area (TPSA) is 134 Å². The number of unbranched alkanes of at least 4 members (excludes halogenated alkanes) is 18. The Kier molecular flexibility index (Phi) is 37.6. The van der Waals surface area contributed by atoms with Gasteiger partial charge in [0.1, 0.15) is 37.4 Å². The highest BCUT2D eigenvalue weighted by Gasteiger charge is 2.20. The van der Waals surface area contributed by atoms with Gasteiger partial charge in [-0.3, -0.25) is 0 Å². The Labute approximate surface area is 586 Å². The van der Waals surface area contributed by atoms with Crippen LogP contribution < -0.4 is 19.2 Å². The van der Waals surface area contributed by atoms with Gasteiger partial charge < -0.3 is 24.0 Å². The second-order valence-corrected chi connectivity index (χ2v) is 26.6. The monoisotopic (exact) mass is 1340 g/mol. The molecule has 98 heavy (non-hydrogen) atoms. The second-order valence-electron chi connectivity index (χ2n) is 26.6. The van der Waals surface area contributed by atoms with Gasteiger partial charge >= 0.3 is 17.9 Å². The van der Waals surface area contributed by atoms with Crippen molar-refractivity contribution < 1.29 is 57.9 Å². The zero-order valence-electron chi connectivity index (χ0n) is 59.5. The number of esters is 3. The van der Waals surface area contributed by atoms with Crippen molar-refractivity contribution in [2.75, 3.05) is 0 Å². The molecule has 0 aromatic heterocycles. The normalized spacial score (nSPS) is 13.1. The first-order chi connectivity index (χ1) is 48.1. The summed E-state index contributed by atoms with van der Waals surface area (Å²) in [6.07, 6.45) is 41.0. The van der Waals surface area contributed by atoms with E-state index in [1.165, 1.54) is 171 Å². The summed E-state index contributed by atoms with van der Waals surface area (Å²) in [4.78, 5) is 69.4. The lowest BCUT2D eigenvalue weighted by atomic mass is 9.98. The van der Waals surface area contributed by atoms with Gasteiger partial charge in [-0.2, -0.15) is 9.78 Å².